The Morgan fingerprint density at radius 1 is 1.35 bits per heavy atom. The predicted molar refractivity (Wildman–Crippen MR) is 70.3 cm³/mol. The van der Waals surface area contributed by atoms with Gasteiger partial charge in [0.1, 0.15) is 22.4 Å². The van der Waals surface area contributed by atoms with Crippen LogP contribution < -0.4 is 5.32 Å². The van der Waals surface area contributed by atoms with Gasteiger partial charge in [-0.25, -0.2) is 9.37 Å². The highest BCUT2D eigenvalue weighted by molar-refractivity contribution is 6.29. The summed E-state index contributed by atoms with van der Waals surface area (Å²) in [6.07, 6.45) is 0. The summed E-state index contributed by atoms with van der Waals surface area (Å²) in [5.41, 5.74) is -0.695. The molecule has 1 N–H and O–H groups in total. The lowest BCUT2D eigenvalue weighted by Gasteiger charge is -2.05. The minimum Gasteiger partial charge on any atom is -0.315 e. The summed E-state index contributed by atoms with van der Waals surface area (Å²) in [6, 6.07) is 7.13. The summed E-state index contributed by atoms with van der Waals surface area (Å²) < 4.78 is 13.1. The first-order valence-corrected chi connectivity index (χ1v) is 5.73. The predicted octanol–water partition coefficient (Wildman–Crippen LogP) is 3.03. The minimum atomic E-state index is -0.722. The molecule has 8 heteroatoms. The second kappa shape index (κ2) is 5.62. The number of rotatable bonds is 3. The van der Waals surface area contributed by atoms with Crippen molar-refractivity contribution >= 4 is 28.9 Å². The molecule has 102 valence electrons. The highest BCUT2D eigenvalue weighted by Gasteiger charge is 2.18. The van der Waals surface area contributed by atoms with Crippen LogP contribution in [-0.2, 0) is 0 Å². The normalized spacial score (nSPS) is 10.1. The number of nitro benzene ring substituents is 1. The lowest BCUT2D eigenvalue weighted by molar-refractivity contribution is -0.384. The first-order valence-electron chi connectivity index (χ1n) is 5.35. The number of hydrogen-bond acceptors (Lipinski definition) is 4. The highest BCUT2D eigenvalue weighted by Crippen LogP contribution is 2.25. The Labute approximate surface area is 117 Å². The van der Waals surface area contributed by atoms with Crippen LogP contribution in [0.25, 0.3) is 0 Å². The highest BCUT2D eigenvalue weighted by atomic mass is 35.5. The van der Waals surface area contributed by atoms with E-state index in [2.05, 4.69) is 10.3 Å². The Morgan fingerprint density at radius 2 is 2.10 bits per heavy atom. The Kier molecular flexibility index (Phi) is 3.90. The summed E-state index contributed by atoms with van der Waals surface area (Å²) in [7, 11) is 0. The van der Waals surface area contributed by atoms with E-state index in [9.17, 15) is 19.3 Å². The Morgan fingerprint density at radius 3 is 2.75 bits per heavy atom. The van der Waals surface area contributed by atoms with Gasteiger partial charge in [0.15, 0.2) is 0 Å². The molecular formula is C12H7ClFN3O3. The molecule has 0 unspecified atom stereocenters. The number of hydrogen-bond donors (Lipinski definition) is 1. The standard InChI is InChI=1S/C12H7ClFN3O3/c13-11-3-1-2-8(15-11)12(18)16-9-6-7(14)4-5-10(9)17(19)20/h1-6H,(H,16,18). The molecule has 20 heavy (non-hydrogen) atoms. The van der Waals surface area contributed by atoms with Crippen molar-refractivity contribution in [3.8, 4) is 0 Å². The topological polar surface area (TPSA) is 85.1 Å². The molecule has 2 rings (SSSR count). The molecule has 1 aromatic heterocycles. The number of anilines is 1. The number of carbonyl (C=O) groups excluding carboxylic acids is 1. The van der Waals surface area contributed by atoms with Gasteiger partial charge in [-0.05, 0) is 18.2 Å². The molecule has 1 amide bonds. The first-order chi connectivity index (χ1) is 9.47. The molecule has 0 saturated heterocycles. The maximum Gasteiger partial charge on any atom is 0.292 e. The Balaban J connectivity index is 2.32. The van der Waals surface area contributed by atoms with Crippen LogP contribution in [0.15, 0.2) is 36.4 Å². The lowest BCUT2D eigenvalue weighted by Crippen LogP contribution is -2.14. The number of carbonyl (C=O) groups is 1. The van der Waals surface area contributed by atoms with Crippen molar-refractivity contribution in [2.24, 2.45) is 0 Å². The number of amides is 1. The van der Waals surface area contributed by atoms with E-state index in [0.717, 1.165) is 18.2 Å². The van der Waals surface area contributed by atoms with Crippen molar-refractivity contribution in [1.82, 2.24) is 4.98 Å². The monoisotopic (exact) mass is 295 g/mol. The van der Waals surface area contributed by atoms with Crippen LogP contribution in [0.4, 0.5) is 15.8 Å². The number of nitrogens with zero attached hydrogens (tertiary/aromatic N) is 2. The van der Waals surface area contributed by atoms with Crippen molar-refractivity contribution in [3.63, 3.8) is 0 Å². The van der Waals surface area contributed by atoms with Gasteiger partial charge in [-0.15, -0.1) is 0 Å². The van der Waals surface area contributed by atoms with Crippen molar-refractivity contribution in [2.45, 2.75) is 0 Å². The average Bonchev–Trinajstić information content (AvgIpc) is 2.38. The summed E-state index contributed by atoms with van der Waals surface area (Å²) in [6.45, 7) is 0. The lowest BCUT2D eigenvalue weighted by atomic mass is 10.2. The van der Waals surface area contributed by atoms with Crippen LogP contribution in [0.3, 0.4) is 0 Å². The van der Waals surface area contributed by atoms with Gasteiger partial charge in [-0.3, -0.25) is 14.9 Å². The molecule has 0 spiro atoms. The van der Waals surface area contributed by atoms with E-state index in [1.807, 2.05) is 0 Å². The number of nitro groups is 1. The van der Waals surface area contributed by atoms with Crippen LogP contribution in [-0.4, -0.2) is 15.8 Å². The molecule has 0 aliphatic rings. The third kappa shape index (κ3) is 3.07. The van der Waals surface area contributed by atoms with Crippen molar-refractivity contribution in [3.05, 3.63) is 63.2 Å². The van der Waals surface area contributed by atoms with E-state index in [-0.39, 0.29) is 16.5 Å². The van der Waals surface area contributed by atoms with Gasteiger partial charge in [0, 0.05) is 12.1 Å². The van der Waals surface area contributed by atoms with Gasteiger partial charge in [0.05, 0.1) is 4.92 Å². The van der Waals surface area contributed by atoms with Crippen molar-refractivity contribution in [1.29, 1.82) is 0 Å². The molecule has 1 aromatic carbocycles. The number of benzene rings is 1. The fraction of sp³-hybridized carbons (Fsp3) is 0. The van der Waals surface area contributed by atoms with E-state index < -0.39 is 22.3 Å². The van der Waals surface area contributed by atoms with E-state index >= 15 is 0 Å². The molecule has 0 saturated carbocycles. The zero-order chi connectivity index (χ0) is 14.7. The van der Waals surface area contributed by atoms with Crippen LogP contribution in [0.5, 0.6) is 0 Å². The summed E-state index contributed by atoms with van der Waals surface area (Å²) in [5.74, 6) is -1.42. The van der Waals surface area contributed by atoms with Crippen LogP contribution in [0.2, 0.25) is 5.15 Å². The van der Waals surface area contributed by atoms with E-state index in [1.165, 1.54) is 18.2 Å². The first kappa shape index (κ1) is 13.9. The smallest absolute Gasteiger partial charge is 0.292 e. The average molecular weight is 296 g/mol. The summed E-state index contributed by atoms with van der Waals surface area (Å²) >= 11 is 5.64. The third-order valence-electron chi connectivity index (χ3n) is 2.35. The van der Waals surface area contributed by atoms with Crippen molar-refractivity contribution in [2.75, 3.05) is 5.32 Å². The number of nitrogens with one attached hydrogen (secondary N) is 1. The molecular weight excluding hydrogens is 289 g/mol. The second-order valence-corrected chi connectivity index (χ2v) is 4.11. The molecule has 0 aliphatic carbocycles. The molecule has 0 atom stereocenters. The van der Waals surface area contributed by atoms with Crippen molar-refractivity contribution < 1.29 is 14.1 Å². The zero-order valence-electron chi connectivity index (χ0n) is 9.84. The Bertz CT molecular complexity index is 693. The van der Waals surface area contributed by atoms with Gasteiger partial charge in [-0.2, -0.15) is 0 Å². The van der Waals surface area contributed by atoms with E-state index in [0.29, 0.717) is 0 Å². The molecule has 2 aromatic rings. The van der Waals surface area contributed by atoms with Crippen LogP contribution in [0, 0.1) is 15.9 Å². The fourth-order valence-corrected chi connectivity index (χ4v) is 1.65. The molecule has 0 bridgehead atoms. The summed E-state index contributed by atoms with van der Waals surface area (Å²) in [5, 5.41) is 13.1. The zero-order valence-corrected chi connectivity index (χ0v) is 10.6. The molecule has 0 aliphatic heterocycles. The van der Waals surface area contributed by atoms with Gasteiger partial charge in [0.25, 0.3) is 11.6 Å². The maximum absolute atomic E-state index is 13.1. The van der Waals surface area contributed by atoms with E-state index in [4.69, 9.17) is 11.6 Å². The Hall–Kier alpha value is -2.54. The van der Waals surface area contributed by atoms with Gasteiger partial charge < -0.3 is 5.32 Å². The maximum atomic E-state index is 13.1. The quantitative estimate of drug-likeness (QED) is 0.536. The molecule has 6 nitrogen and oxygen atoms in total. The number of aromatic nitrogens is 1. The van der Waals surface area contributed by atoms with Crippen LogP contribution >= 0.6 is 11.6 Å². The van der Waals surface area contributed by atoms with E-state index in [1.54, 1.807) is 0 Å². The summed E-state index contributed by atoms with van der Waals surface area (Å²) in [4.78, 5) is 25.7. The SMILES string of the molecule is O=C(Nc1cc(F)ccc1[N+](=O)[O-])c1cccc(Cl)n1. The third-order valence-corrected chi connectivity index (χ3v) is 2.56. The van der Waals surface area contributed by atoms with Gasteiger partial charge in [0.2, 0.25) is 0 Å². The number of halogens is 2. The van der Waals surface area contributed by atoms with Gasteiger partial charge in [-0.1, -0.05) is 17.7 Å². The molecule has 0 radical (unpaired) electrons. The van der Waals surface area contributed by atoms with Gasteiger partial charge >= 0.3 is 0 Å². The fourth-order valence-electron chi connectivity index (χ4n) is 1.49. The largest absolute Gasteiger partial charge is 0.315 e. The van der Waals surface area contributed by atoms with Crippen LogP contribution in [0.1, 0.15) is 10.5 Å². The second-order valence-electron chi connectivity index (χ2n) is 3.72. The molecule has 0 fully saturated rings. The minimum absolute atomic E-state index is 0.0314. The number of pyridine rings is 1. The molecule has 1 heterocycles.